The Morgan fingerprint density at radius 2 is 2.38 bits per heavy atom. The molecular formula is C10H15NO2. The van der Waals surface area contributed by atoms with Crippen LogP contribution in [-0.2, 0) is 0 Å². The maximum absolute atomic E-state index is 11.4. The maximum Gasteiger partial charge on any atom is 0.199 e. The highest BCUT2D eigenvalue weighted by Crippen LogP contribution is 2.03. The van der Waals surface area contributed by atoms with Crippen LogP contribution in [0.25, 0.3) is 0 Å². The summed E-state index contributed by atoms with van der Waals surface area (Å²) in [5.41, 5.74) is 0. The van der Waals surface area contributed by atoms with Gasteiger partial charge in [0, 0.05) is 19.0 Å². The first-order valence-electron chi connectivity index (χ1n) is 4.50. The number of hydrogen-bond acceptors (Lipinski definition) is 3. The van der Waals surface area contributed by atoms with Crippen molar-refractivity contribution in [2.45, 2.75) is 26.3 Å². The summed E-state index contributed by atoms with van der Waals surface area (Å²) in [6, 6.07) is 3.84. The van der Waals surface area contributed by atoms with E-state index >= 15 is 0 Å². The fourth-order valence-corrected chi connectivity index (χ4v) is 1.03. The predicted molar refractivity (Wildman–Crippen MR) is 50.8 cm³/mol. The van der Waals surface area contributed by atoms with E-state index in [4.69, 9.17) is 4.42 Å². The van der Waals surface area contributed by atoms with E-state index in [1.54, 1.807) is 12.1 Å². The Kier molecular flexibility index (Phi) is 3.71. The van der Waals surface area contributed by atoms with Crippen LogP contribution in [0.4, 0.5) is 0 Å². The monoisotopic (exact) mass is 181 g/mol. The fraction of sp³-hybridized carbons (Fsp3) is 0.500. The first-order chi connectivity index (χ1) is 6.20. The number of rotatable bonds is 5. The Balaban J connectivity index is 2.27. The van der Waals surface area contributed by atoms with Crippen LogP contribution < -0.4 is 5.32 Å². The molecule has 0 unspecified atom stereocenters. The molecule has 13 heavy (non-hydrogen) atoms. The minimum absolute atomic E-state index is 0.0538. The van der Waals surface area contributed by atoms with Gasteiger partial charge in [0.05, 0.1) is 6.26 Å². The van der Waals surface area contributed by atoms with E-state index in [1.807, 2.05) is 0 Å². The second-order valence-corrected chi connectivity index (χ2v) is 3.26. The zero-order valence-electron chi connectivity index (χ0n) is 8.04. The van der Waals surface area contributed by atoms with Crippen molar-refractivity contribution in [1.82, 2.24) is 5.32 Å². The highest BCUT2D eigenvalue weighted by Gasteiger charge is 2.07. The van der Waals surface area contributed by atoms with E-state index in [9.17, 15) is 4.79 Å². The summed E-state index contributed by atoms with van der Waals surface area (Å²) in [5.74, 6) is 0.503. The lowest BCUT2D eigenvalue weighted by Crippen LogP contribution is -2.25. The molecular weight excluding hydrogens is 166 g/mol. The Labute approximate surface area is 78.1 Å². The molecule has 0 aromatic carbocycles. The number of hydrogen-bond donors (Lipinski definition) is 1. The number of Topliss-reactive ketones (excluding diaryl/α,β-unsaturated/α-hetero) is 1. The number of carbonyl (C=O) groups is 1. The van der Waals surface area contributed by atoms with Crippen molar-refractivity contribution in [3.05, 3.63) is 24.2 Å². The van der Waals surface area contributed by atoms with Crippen molar-refractivity contribution in [2.24, 2.45) is 0 Å². The minimum Gasteiger partial charge on any atom is -0.461 e. The third-order valence-corrected chi connectivity index (χ3v) is 1.70. The zero-order chi connectivity index (χ0) is 9.68. The van der Waals surface area contributed by atoms with Crippen molar-refractivity contribution >= 4 is 5.78 Å². The highest BCUT2D eigenvalue weighted by molar-refractivity contribution is 5.93. The van der Waals surface area contributed by atoms with Crippen molar-refractivity contribution in [1.29, 1.82) is 0 Å². The average Bonchev–Trinajstić information content (AvgIpc) is 2.55. The molecule has 0 aliphatic carbocycles. The van der Waals surface area contributed by atoms with Crippen molar-refractivity contribution in [2.75, 3.05) is 6.54 Å². The fourth-order valence-electron chi connectivity index (χ4n) is 1.03. The molecule has 0 aliphatic rings. The summed E-state index contributed by atoms with van der Waals surface area (Å²) in [6.07, 6.45) is 2.01. The molecule has 0 fully saturated rings. The number of ketones is 1. The van der Waals surface area contributed by atoms with Crippen LogP contribution in [0.1, 0.15) is 30.8 Å². The normalized spacial score (nSPS) is 10.7. The van der Waals surface area contributed by atoms with Crippen LogP contribution in [0.15, 0.2) is 22.8 Å². The van der Waals surface area contributed by atoms with Crippen molar-refractivity contribution in [3.8, 4) is 0 Å². The van der Waals surface area contributed by atoms with Gasteiger partial charge in [0.1, 0.15) is 0 Å². The van der Waals surface area contributed by atoms with E-state index in [2.05, 4.69) is 19.2 Å². The SMILES string of the molecule is CC(C)NCCC(=O)c1ccco1. The maximum atomic E-state index is 11.4. The molecule has 0 amide bonds. The number of carbonyl (C=O) groups excluding carboxylic acids is 1. The lowest BCUT2D eigenvalue weighted by Gasteiger charge is -2.05. The van der Waals surface area contributed by atoms with Crippen LogP contribution in [0.5, 0.6) is 0 Å². The van der Waals surface area contributed by atoms with Gasteiger partial charge in [0.2, 0.25) is 0 Å². The first-order valence-corrected chi connectivity index (χ1v) is 4.50. The molecule has 1 N–H and O–H groups in total. The topological polar surface area (TPSA) is 42.2 Å². The van der Waals surface area contributed by atoms with Gasteiger partial charge in [0.25, 0.3) is 0 Å². The summed E-state index contributed by atoms with van der Waals surface area (Å²) in [4.78, 5) is 11.4. The van der Waals surface area contributed by atoms with Crippen molar-refractivity contribution < 1.29 is 9.21 Å². The quantitative estimate of drug-likeness (QED) is 0.705. The van der Waals surface area contributed by atoms with Gasteiger partial charge in [0.15, 0.2) is 11.5 Å². The third-order valence-electron chi connectivity index (χ3n) is 1.70. The molecule has 0 radical (unpaired) electrons. The molecule has 0 saturated carbocycles. The molecule has 1 rings (SSSR count). The smallest absolute Gasteiger partial charge is 0.199 e. The molecule has 3 heteroatoms. The standard InChI is InChI=1S/C10H15NO2/c1-8(2)11-6-5-9(12)10-4-3-7-13-10/h3-4,7-8,11H,5-6H2,1-2H3. The van der Waals surface area contributed by atoms with E-state index in [1.165, 1.54) is 6.26 Å². The van der Waals surface area contributed by atoms with Gasteiger partial charge in [-0.25, -0.2) is 0 Å². The van der Waals surface area contributed by atoms with E-state index < -0.39 is 0 Å². The van der Waals surface area contributed by atoms with Gasteiger partial charge in [-0.2, -0.15) is 0 Å². The molecule has 0 spiro atoms. The van der Waals surface area contributed by atoms with Gasteiger partial charge in [-0.15, -0.1) is 0 Å². The molecule has 1 aromatic rings. The van der Waals surface area contributed by atoms with E-state index in [0.29, 0.717) is 24.8 Å². The summed E-state index contributed by atoms with van der Waals surface area (Å²) < 4.78 is 4.98. The van der Waals surface area contributed by atoms with Crippen LogP contribution in [-0.4, -0.2) is 18.4 Å². The largest absolute Gasteiger partial charge is 0.461 e. The first kappa shape index (κ1) is 9.99. The van der Waals surface area contributed by atoms with Crippen LogP contribution >= 0.6 is 0 Å². The van der Waals surface area contributed by atoms with E-state index in [0.717, 1.165) is 0 Å². The second kappa shape index (κ2) is 4.82. The van der Waals surface area contributed by atoms with E-state index in [-0.39, 0.29) is 5.78 Å². The molecule has 0 atom stereocenters. The Morgan fingerprint density at radius 3 is 2.92 bits per heavy atom. The van der Waals surface area contributed by atoms with Gasteiger partial charge in [-0.05, 0) is 12.1 Å². The predicted octanol–water partition coefficient (Wildman–Crippen LogP) is 1.85. The van der Waals surface area contributed by atoms with Crippen molar-refractivity contribution in [3.63, 3.8) is 0 Å². The molecule has 0 saturated heterocycles. The number of furan rings is 1. The second-order valence-electron chi connectivity index (χ2n) is 3.26. The number of nitrogens with one attached hydrogen (secondary N) is 1. The molecule has 1 aromatic heterocycles. The van der Waals surface area contributed by atoms with Gasteiger partial charge < -0.3 is 9.73 Å². The third kappa shape index (κ3) is 3.42. The minimum atomic E-state index is 0.0538. The summed E-state index contributed by atoms with van der Waals surface area (Å²) in [5, 5.41) is 3.18. The van der Waals surface area contributed by atoms with Crippen LogP contribution in [0.2, 0.25) is 0 Å². The lowest BCUT2D eigenvalue weighted by molar-refractivity contribution is 0.0955. The molecule has 0 aliphatic heterocycles. The summed E-state index contributed by atoms with van der Waals surface area (Å²) in [6.45, 7) is 4.81. The molecule has 0 bridgehead atoms. The van der Waals surface area contributed by atoms with Crippen LogP contribution in [0, 0.1) is 0 Å². The lowest BCUT2D eigenvalue weighted by atomic mass is 10.2. The van der Waals surface area contributed by atoms with Crippen LogP contribution in [0.3, 0.4) is 0 Å². The molecule has 3 nitrogen and oxygen atoms in total. The van der Waals surface area contributed by atoms with Gasteiger partial charge in [-0.1, -0.05) is 13.8 Å². The molecule has 1 heterocycles. The zero-order valence-corrected chi connectivity index (χ0v) is 8.04. The average molecular weight is 181 g/mol. The molecule has 72 valence electrons. The summed E-state index contributed by atoms with van der Waals surface area (Å²) >= 11 is 0. The highest BCUT2D eigenvalue weighted by atomic mass is 16.3. The Hall–Kier alpha value is -1.09. The van der Waals surface area contributed by atoms with Gasteiger partial charge >= 0.3 is 0 Å². The van der Waals surface area contributed by atoms with Gasteiger partial charge in [-0.3, -0.25) is 4.79 Å². The Bertz CT molecular complexity index is 252. The Morgan fingerprint density at radius 1 is 1.62 bits per heavy atom. The summed E-state index contributed by atoms with van der Waals surface area (Å²) in [7, 11) is 0.